The van der Waals surface area contributed by atoms with Gasteiger partial charge in [-0.05, 0) is 13.8 Å². The first kappa shape index (κ1) is 20.7. The molecule has 11 heteroatoms. The molecule has 0 saturated carbocycles. The van der Waals surface area contributed by atoms with Crippen LogP contribution in [0.2, 0.25) is 0 Å². The molecule has 1 rings (SSSR count). The molecule has 1 amide bonds. The molecular formula is C13H22N2O7S2. The highest BCUT2D eigenvalue weighted by atomic mass is 32.2. The average molecular weight is 382 g/mol. The highest BCUT2D eigenvalue weighted by molar-refractivity contribution is 8.02. The molecule has 0 aliphatic carbocycles. The number of rotatable bonds is 7. The second-order valence-corrected chi connectivity index (χ2v) is 9.49. The van der Waals surface area contributed by atoms with Crippen LogP contribution in [0, 0.1) is 0 Å². The first-order chi connectivity index (χ1) is 10.9. The van der Waals surface area contributed by atoms with Gasteiger partial charge < -0.3 is 15.2 Å². The van der Waals surface area contributed by atoms with E-state index in [-0.39, 0.29) is 18.9 Å². The second kappa shape index (κ2) is 7.70. The molecule has 0 spiro atoms. The number of carboxylic acid groups (broad SMARTS) is 1. The highest BCUT2D eigenvalue weighted by Crippen LogP contribution is 2.40. The Morgan fingerprint density at radius 1 is 1.42 bits per heavy atom. The predicted octanol–water partition coefficient (Wildman–Crippen LogP) is -0.378. The van der Waals surface area contributed by atoms with E-state index in [0.29, 0.717) is 0 Å². The van der Waals surface area contributed by atoms with Crippen molar-refractivity contribution in [3.63, 3.8) is 0 Å². The third-order valence-electron chi connectivity index (χ3n) is 3.51. The Kier molecular flexibility index (Phi) is 6.65. The third-order valence-corrected chi connectivity index (χ3v) is 6.24. The number of ether oxygens (including phenoxy) is 1. The fourth-order valence-corrected chi connectivity index (χ4v) is 5.03. The molecule has 0 aromatic heterocycles. The van der Waals surface area contributed by atoms with Crippen LogP contribution in [0.3, 0.4) is 0 Å². The molecule has 9 nitrogen and oxygen atoms in total. The van der Waals surface area contributed by atoms with Crippen molar-refractivity contribution in [1.29, 1.82) is 0 Å². The van der Waals surface area contributed by atoms with Gasteiger partial charge in [0.1, 0.15) is 12.1 Å². The van der Waals surface area contributed by atoms with Crippen LogP contribution >= 0.6 is 11.8 Å². The van der Waals surface area contributed by atoms with Gasteiger partial charge >= 0.3 is 11.9 Å². The number of sulfonamides is 1. The van der Waals surface area contributed by atoms with Crippen LogP contribution in [0.15, 0.2) is 0 Å². The monoisotopic (exact) mass is 382 g/mol. The summed E-state index contributed by atoms with van der Waals surface area (Å²) in [6, 6.07) is -2.30. The third kappa shape index (κ3) is 5.35. The summed E-state index contributed by atoms with van der Waals surface area (Å²) in [5.41, 5.74) is 0. The molecule has 2 N–H and O–H groups in total. The number of nitrogens with zero attached hydrogens (tertiary/aromatic N) is 1. The number of hydrogen-bond donors (Lipinski definition) is 2. The molecule has 0 radical (unpaired) electrons. The fourth-order valence-electron chi connectivity index (χ4n) is 2.29. The van der Waals surface area contributed by atoms with Gasteiger partial charge in [-0.3, -0.25) is 9.59 Å². The van der Waals surface area contributed by atoms with Crippen molar-refractivity contribution >= 4 is 39.6 Å². The van der Waals surface area contributed by atoms with Crippen LogP contribution in [0.5, 0.6) is 0 Å². The summed E-state index contributed by atoms with van der Waals surface area (Å²) in [5.74, 6) is -2.41. The Balaban J connectivity index is 2.88. The molecule has 1 fully saturated rings. The Morgan fingerprint density at radius 3 is 2.46 bits per heavy atom. The molecule has 1 heterocycles. The number of esters is 1. The molecule has 1 aliphatic heterocycles. The molecular weight excluding hydrogens is 360 g/mol. The largest absolute Gasteiger partial charge is 0.480 e. The SMILES string of the molecule is CC(=O)OCC[C@H](NC(=O)[C@H]1N(S(C)(=O)=O)CSC1(C)C)C(=O)O. The maximum Gasteiger partial charge on any atom is 0.326 e. The normalized spacial score (nSPS) is 21.9. The summed E-state index contributed by atoms with van der Waals surface area (Å²) in [4.78, 5) is 34.5. The van der Waals surface area contributed by atoms with E-state index in [2.05, 4.69) is 10.1 Å². The number of carbonyl (C=O) groups is 3. The zero-order valence-electron chi connectivity index (χ0n) is 13.9. The van der Waals surface area contributed by atoms with Gasteiger partial charge in [-0.25, -0.2) is 13.2 Å². The summed E-state index contributed by atoms with van der Waals surface area (Å²) in [6.45, 7) is 4.48. The number of hydrogen-bond acceptors (Lipinski definition) is 7. The van der Waals surface area contributed by atoms with E-state index in [9.17, 15) is 27.9 Å². The molecule has 0 aromatic rings. The van der Waals surface area contributed by atoms with Crippen LogP contribution < -0.4 is 5.32 Å². The molecule has 0 aromatic carbocycles. The summed E-state index contributed by atoms with van der Waals surface area (Å²) in [7, 11) is -3.62. The van der Waals surface area contributed by atoms with E-state index < -0.39 is 44.7 Å². The molecule has 24 heavy (non-hydrogen) atoms. The van der Waals surface area contributed by atoms with Crippen LogP contribution in [0.1, 0.15) is 27.2 Å². The van der Waals surface area contributed by atoms with Crippen molar-refractivity contribution in [2.75, 3.05) is 18.7 Å². The zero-order valence-corrected chi connectivity index (χ0v) is 15.6. The number of aliphatic carboxylic acids is 1. The van der Waals surface area contributed by atoms with E-state index in [0.717, 1.165) is 10.6 Å². The van der Waals surface area contributed by atoms with Crippen LogP contribution in [0.4, 0.5) is 0 Å². The van der Waals surface area contributed by atoms with Crippen molar-refractivity contribution in [2.45, 2.75) is 44.0 Å². The molecule has 2 atom stereocenters. The molecule has 1 aliphatic rings. The quantitative estimate of drug-likeness (QED) is 0.570. The Labute approximate surface area is 145 Å². The maximum atomic E-state index is 12.5. The molecule has 0 bridgehead atoms. The number of nitrogens with one attached hydrogen (secondary N) is 1. The average Bonchev–Trinajstić information content (AvgIpc) is 2.72. The second-order valence-electron chi connectivity index (χ2n) is 5.96. The first-order valence-corrected chi connectivity index (χ1v) is 9.97. The van der Waals surface area contributed by atoms with Crippen molar-refractivity contribution < 1.29 is 32.6 Å². The number of carbonyl (C=O) groups excluding carboxylic acids is 2. The Morgan fingerprint density at radius 2 is 2.00 bits per heavy atom. The van der Waals surface area contributed by atoms with E-state index in [1.807, 2.05) is 0 Å². The first-order valence-electron chi connectivity index (χ1n) is 7.13. The van der Waals surface area contributed by atoms with Gasteiger partial charge in [0.2, 0.25) is 15.9 Å². The topological polar surface area (TPSA) is 130 Å². The van der Waals surface area contributed by atoms with Crippen molar-refractivity contribution in [3.8, 4) is 0 Å². The lowest BCUT2D eigenvalue weighted by Gasteiger charge is -2.30. The molecule has 138 valence electrons. The zero-order chi connectivity index (χ0) is 18.7. The highest BCUT2D eigenvalue weighted by Gasteiger charge is 2.50. The summed E-state index contributed by atoms with van der Waals surface area (Å²) >= 11 is 1.30. The van der Waals surface area contributed by atoms with Crippen molar-refractivity contribution in [2.24, 2.45) is 0 Å². The lowest BCUT2D eigenvalue weighted by atomic mass is 10.0. The molecule has 1 saturated heterocycles. The minimum atomic E-state index is -3.62. The fraction of sp³-hybridized carbons (Fsp3) is 0.769. The van der Waals surface area contributed by atoms with Gasteiger partial charge in [0, 0.05) is 18.1 Å². The Hall–Kier alpha value is -1.33. The van der Waals surface area contributed by atoms with Gasteiger partial charge in [0.15, 0.2) is 0 Å². The molecule has 0 unspecified atom stereocenters. The summed E-state index contributed by atoms with van der Waals surface area (Å²) < 4.78 is 28.8. The van der Waals surface area contributed by atoms with E-state index in [1.54, 1.807) is 13.8 Å². The lowest BCUT2D eigenvalue weighted by Crippen LogP contribution is -2.56. The Bertz CT molecular complexity index is 618. The predicted molar refractivity (Wildman–Crippen MR) is 87.8 cm³/mol. The van der Waals surface area contributed by atoms with Gasteiger partial charge in [0.25, 0.3) is 0 Å². The van der Waals surface area contributed by atoms with E-state index >= 15 is 0 Å². The number of amides is 1. The van der Waals surface area contributed by atoms with Gasteiger partial charge in [0.05, 0.1) is 18.7 Å². The van der Waals surface area contributed by atoms with Crippen LogP contribution in [-0.4, -0.2) is 71.2 Å². The van der Waals surface area contributed by atoms with Gasteiger partial charge in [-0.2, -0.15) is 4.31 Å². The summed E-state index contributed by atoms with van der Waals surface area (Å²) in [5, 5.41) is 11.5. The van der Waals surface area contributed by atoms with Crippen LogP contribution in [-0.2, 0) is 29.1 Å². The number of carboxylic acids is 1. The number of thioether (sulfide) groups is 1. The van der Waals surface area contributed by atoms with Crippen molar-refractivity contribution in [3.05, 3.63) is 0 Å². The van der Waals surface area contributed by atoms with Crippen LogP contribution in [0.25, 0.3) is 0 Å². The minimum absolute atomic E-state index is 0.111. The van der Waals surface area contributed by atoms with E-state index in [1.165, 1.54) is 18.7 Å². The van der Waals surface area contributed by atoms with Gasteiger partial charge in [-0.1, -0.05) is 0 Å². The summed E-state index contributed by atoms with van der Waals surface area (Å²) in [6.07, 6.45) is 0.893. The smallest absolute Gasteiger partial charge is 0.326 e. The van der Waals surface area contributed by atoms with Gasteiger partial charge in [-0.15, -0.1) is 11.8 Å². The standard InChI is InChI=1S/C13H22N2O7S2/c1-8(16)22-6-5-9(12(18)19)14-11(17)10-13(2,3)23-7-15(10)24(4,20)21/h9-10H,5-7H2,1-4H3,(H,14,17)(H,18,19)/t9-,10+/m0/s1. The van der Waals surface area contributed by atoms with E-state index in [4.69, 9.17) is 0 Å². The lowest BCUT2D eigenvalue weighted by molar-refractivity contribution is -0.146. The minimum Gasteiger partial charge on any atom is -0.480 e. The van der Waals surface area contributed by atoms with Crippen molar-refractivity contribution in [1.82, 2.24) is 9.62 Å². The maximum absolute atomic E-state index is 12.5.